The number of hydrogen-bond acceptors (Lipinski definition) is 2. The van der Waals surface area contributed by atoms with E-state index in [1.165, 1.54) is 35.2 Å². The van der Waals surface area contributed by atoms with Crippen LogP contribution in [0.4, 0.5) is 0 Å². The third kappa shape index (κ3) is 7.43. The molecule has 3 rings (SSSR count). The standard InChI is InChI=1S/C11H14N2.C10H15.2ClH.Ir/c1-12-7-8-13(10-12)9-11-5-3-2-4-6-11;1-6-7(2)9(4)10(5)8(6)3;;;/h2-8H,9-10H2,1H3;1-5H3;2*1H;/q;;;;+3/p-2. The second-order valence-corrected chi connectivity index (χ2v) is 10.1. The van der Waals surface area contributed by atoms with Crippen molar-refractivity contribution in [2.75, 3.05) is 13.7 Å². The van der Waals surface area contributed by atoms with Gasteiger partial charge in [-0.3, -0.25) is 0 Å². The topological polar surface area (TPSA) is 6.48 Å². The van der Waals surface area contributed by atoms with Crippen LogP contribution >= 0.6 is 19.2 Å². The number of rotatable bonds is 2. The Kier molecular flexibility index (Phi) is 11.3. The van der Waals surface area contributed by atoms with E-state index in [0.717, 1.165) is 13.2 Å². The average molecular weight is 573 g/mol. The van der Waals surface area contributed by atoms with E-state index in [0.29, 0.717) is 0 Å². The first kappa shape index (κ1) is 23.8. The Morgan fingerprint density at radius 2 is 1.23 bits per heavy atom. The zero-order chi connectivity index (χ0) is 19.7. The molecule has 1 aromatic rings. The van der Waals surface area contributed by atoms with E-state index in [1.54, 1.807) is 0 Å². The van der Waals surface area contributed by atoms with Gasteiger partial charge in [0.25, 0.3) is 0 Å². The molecule has 1 aliphatic heterocycles. The first-order valence-corrected chi connectivity index (χ1v) is 14.4. The zero-order valence-electron chi connectivity index (χ0n) is 16.4. The SMILES string of the molecule is CN1C=CN(Cc2ccccc2)C1.C[C]1[C](C)[C](C)[C](C)[C]1C.[Cl][Ir+][Cl]. The van der Waals surface area contributed by atoms with Gasteiger partial charge in [-0.25, -0.2) is 0 Å². The van der Waals surface area contributed by atoms with Crippen LogP contribution in [0.25, 0.3) is 0 Å². The van der Waals surface area contributed by atoms with Gasteiger partial charge in [0.15, 0.2) is 0 Å². The van der Waals surface area contributed by atoms with E-state index in [1.807, 2.05) is 0 Å². The van der Waals surface area contributed by atoms with Crippen molar-refractivity contribution in [3.63, 3.8) is 0 Å². The third-order valence-electron chi connectivity index (χ3n) is 4.98. The summed E-state index contributed by atoms with van der Waals surface area (Å²) in [6.07, 6.45) is 4.23. The molecule has 0 unspecified atom stereocenters. The number of benzene rings is 1. The van der Waals surface area contributed by atoms with Crippen LogP contribution < -0.4 is 0 Å². The molecule has 2 nitrogen and oxygen atoms in total. The summed E-state index contributed by atoms with van der Waals surface area (Å²) < 4.78 is 0. The summed E-state index contributed by atoms with van der Waals surface area (Å²) in [5, 5.41) is 0. The van der Waals surface area contributed by atoms with Gasteiger partial charge in [-0.05, 0) is 35.2 Å². The van der Waals surface area contributed by atoms with E-state index in [9.17, 15) is 0 Å². The predicted octanol–water partition coefficient (Wildman–Crippen LogP) is 6.21. The Hall–Kier alpha value is -0.211. The first-order valence-electron chi connectivity index (χ1n) is 8.51. The Morgan fingerprint density at radius 1 is 0.808 bits per heavy atom. The molecule has 0 N–H and O–H groups in total. The molecule has 1 aromatic carbocycles. The second kappa shape index (κ2) is 12.3. The van der Waals surface area contributed by atoms with Gasteiger partial charge < -0.3 is 9.80 Å². The average Bonchev–Trinajstić information content (AvgIpc) is 3.11. The van der Waals surface area contributed by atoms with Crippen molar-refractivity contribution < 1.29 is 15.7 Å². The van der Waals surface area contributed by atoms with Crippen LogP contribution in [0, 0.1) is 29.6 Å². The molecule has 2 aliphatic rings. The fraction of sp³-hybridized carbons (Fsp3) is 0.381. The van der Waals surface area contributed by atoms with Crippen molar-refractivity contribution in [3.8, 4) is 0 Å². The van der Waals surface area contributed by atoms with Crippen molar-refractivity contribution in [2.24, 2.45) is 0 Å². The van der Waals surface area contributed by atoms with Crippen LogP contribution in [0.2, 0.25) is 0 Å². The maximum absolute atomic E-state index is 4.89. The quantitative estimate of drug-likeness (QED) is 0.416. The minimum atomic E-state index is -0.556. The zero-order valence-corrected chi connectivity index (χ0v) is 20.3. The fourth-order valence-corrected chi connectivity index (χ4v) is 2.92. The molecule has 5 radical (unpaired) electrons. The molecule has 0 amide bonds. The molecule has 1 aliphatic carbocycles. The molecule has 26 heavy (non-hydrogen) atoms. The Balaban J connectivity index is 0.000000233. The summed E-state index contributed by atoms with van der Waals surface area (Å²) in [6.45, 7) is 13.0. The van der Waals surface area contributed by atoms with Gasteiger partial charge in [-0.1, -0.05) is 65.0 Å². The summed E-state index contributed by atoms with van der Waals surface area (Å²) in [7, 11) is 11.9. The molecule has 5 heteroatoms. The molecule has 0 saturated heterocycles. The minimum absolute atomic E-state index is 0.556. The molecule has 0 aromatic heterocycles. The van der Waals surface area contributed by atoms with Crippen LogP contribution in [0.15, 0.2) is 42.7 Å². The summed E-state index contributed by atoms with van der Waals surface area (Å²) >= 11 is -0.556. The van der Waals surface area contributed by atoms with Gasteiger partial charge in [0, 0.05) is 26.0 Å². The van der Waals surface area contributed by atoms with E-state index >= 15 is 0 Å². The van der Waals surface area contributed by atoms with Gasteiger partial charge >= 0.3 is 34.8 Å². The van der Waals surface area contributed by atoms with E-state index in [2.05, 4.69) is 94.2 Å². The summed E-state index contributed by atoms with van der Waals surface area (Å²) in [4.78, 5) is 4.46. The monoisotopic (exact) mass is 572 g/mol. The number of nitrogens with zero attached hydrogens (tertiary/aromatic N) is 2. The number of hydrogen-bond donors (Lipinski definition) is 0. The van der Waals surface area contributed by atoms with Crippen molar-refractivity contribution in [1.82, 2.24) is 9.80 Å². The van der Waals surface area contributed by atoms with E-state index in [-0.39, 0.29) is 0 Å². The molecule has 0 spiro atoms. The molecule has 1 fully saturated rings. The number of halogens is 2. The predicted molar refractivity (Wildman–Crippen MR) is 110 cm³/mol. The van der Waals surface area contributed by atoms with Crippen molar-refractivity contribution in [2.45, 2.75) is 41.2 Å². The van der Waals surface area contributed by atoms with Crippen LogP contribution in [0.1, 0.15) is 40.2 Å². The van der Waals surface area contributed by atoms with Crippen molar-refractivity contribution in [3.05, 3.63) is 77.9 Å². The summed E-state index contributed by atoms with van der Waals surface area (Å²) in [5.74, 6) is 7.34. The van der Waals surface area contributed by atoms with Crippen molar-refractivity contribution in [1.29, 1.82) is 0 Å². The van der Waals surface area contributed by atoms with Gasteiger partial charge in [0.05, 0.1) is 6.67 Å². The van der Waals surface area contributed by atoms with E-state index in [4.69, 9.17) is 19.2 Å². The van der Waals surface area contributed by atoms with Crippen LogP contribution in [0.3, 0.4) is 0 Å². The van der Waals surface area contributed by atoms with Crippen LogP contribution in [-0.4, -0.2) is 23.5 Å². The maximum atomic E-state index is 4.89. The van der Waals surface area contributed by atoms with E-state index < -0.39 is 15.7 Å². The molecule has 0 bridgehead atoms. The fourth-order valence-electron chi connectivity index (χ4n) is 2.92. The molecule has 1 heterocycles. The molecule has 1 saturated carbocycles. The van der Waals surface area contributed by atoms with Gasteiger partial charge in [0.1, 0.15) is 0 Å². The molecular weight excluding hydrogens is 543 g/mol. The second-order valence-electron chi connectivity index (χ2n) is 6.60. The molecule has 145 valence electrons. The van der Waals surface area contributed by atoms with Crippen molar-refractivity contribution >= 4 is 19.2 Å². The van der Waals surface area contributed by atoms with Gasteiger partial charge in [-0.15, -0.1) is 0 Å². The summed E-state index contributed by atoms with van der Waals surface area (Å²) in [6, 6.07) is 10.5. The normalized spacial score (nSPS) is 19.5. The van der Waals surface area contributed by atoms with Crippen LogP contribution in [-0.2, 0) is 22.2 Å². The van der Waals surface area contributed by atoms with Gasteiger partial charge in [0.2, 0.25) is 0 Å². The Bertz CT molecular complexity index is 481. The molecular formula is C21H29Cl2IrN2+. The Labute approximate surface area is 176 Å². The third-order valence-corrected chi connectivity index (χ3v) is 4.98. The summed E-state index contributed by atoms with van der Waals surface area (Å²) in [5.41, 5.74) is 1.36. The first-order chi connectivity index (χ1) is 12.3. The van der Waals surface area contributed by atoms with Gasteiger partial charge in [-0.2, -0.15) is 0 Å². The van der Waals surface area contributed by atoms with Crippen LogP contribution in [0.5, 0.6) is 0 Å². The molecule has 0 atom stereocenters. The Morgan fingerprint density at radius 3 is 1.58 bits per heavy atom.